The molecule has 164 valence electrons. The molecule has 0 bridgehead atoms. The third kappa shape index (κ3) is 7.36. The highest BCUT2D eigenvalue weighted by Gasteiger charge is 2.07. The number of anilines is 1. The topological polar surface area (TPSA) is 63.6 Å². The van der Waals surface area contributed by atoms with Gasteiger partial charge in [0.05, 0.1) is 28.1 Å². The number of hydrogen-bond donors (Lipinski definition) is 1. The van der Waals surface area contributed by atoms with E-state index in [1.54, 1.807) is 18.4 Å². The summed E-state index contributed by atoms with van der Waals surface area (Å²) in [5.74, 6) is 1.39. The summed E-state index contributed by atoms with van der Waals surface area (Å²) in [4.78, 5) is 21.2. The number of carbonyl (C=O) groups is 1. The van der Waals surface area contributed by atoms with Crippen LogP contribution in [0.4, 0.5) is 10.8 Å². The zero-order valence-electron chi connectivity index (χ0n) is 18.5. The number of rotatable bonds is 9. The third-order valence-corrected chi connectivity index (χ3v) is 6.49. The third-order valence-electron chi connectivity index (χ3n) is 4.70. The molecule has 0 saturated carbocycles. The fourth-order valence-corrected chi connectivity index (χ4v) is 4.61. The molecule has 0 saturated heterocycles. The zero-order valence-corrected chi connectivity index (χ0v) is 20.1. The molecule has 0 amide bonds. The van der Waals surface area contributed by atoms with Gasteiger partial charge >= 0.3 is 0 Å². The second-order valence-corrected chi connectivity index (χ2v) is 10.0. The van der Waals surface area contributed by atoms with Crippen LogP contribution in [0, 0.1) is 5.92 Å². The Kier molecular flexibility index (Phi) is 8.49. The Morgan fingerprint density at radius 2 is 2.00 bits per heavy atom. The van der Waals surface area contributed by atoms with E-state index in [9.17, 15) is 4.79 Å². The molecule has 0 aliphatic rings. The maximum Gasteiger partial charge on any atom is 0.194 e. The van der Waals surface area contributed by atoms with E-state index in [1.165, 1.54) is 17.3 Å². The summed E-state index contributed by atoms with van der Waals surface area (Å²) < 4.78 is 6.38. The van der Waals surface area contributed by atoms with Crippen molar-refractivity contribution < 1.29 is 9.53 Å². The van der Waals surface area contributed by atoms with Gasteiger partial charge in [0.1, 0.15) is 5.75 Å². The molecule has 1 aromatic heterocycles. The lowest BCUT2D eigenvalue weighted by molar-refractivity contribution is -0.111. The quantitative estimate of drug-likeness (QED) is 0.287. The van der Waals surface area contributed by atoms with Crippen molar-refractivity contribution in [1.29, 1.82) is 0 Å². The van der Waals surface area contributed by atoms with Gasteiger partial charge in [-0.3, -0.25) is 4.79 Å². The van der Waals surface area contributed by atoms with Gasteiger partial charge in [-0.2, -0.15) is 0 Å². The molecule has 0 fully saturated rings. The minimum Gasteiger partial charge on any atom is -0.497 e. The number of thioether (sulfide) groups is 1. The van der Waals surface area contributed by atoms with E-state index >= 15 is 0 Å². The first kappa shape index (κ1) is 23.3. The summed E-state index contributed by atoms with van der Waals surface area (Å²) >= 11 is 2.87. The van der Waals surface area contributed by atoms with E-state index in [-0.39, 0.29) is 5.12 Å². The molecule has 1 N–H and O–H groups in total. The van der Waals surface area contributed by atoms with Crippen molar-refractivity contribution in [3.8, 4) is 5.75 Å². The van der Waals surface area contributed by atoms with Crippen LogP contribution in [0.2, 0.25) is 0 Å². The molecule has 5 nitrogen and oxygen atoms in total. The number of benzene rings is 2. The standard InChI is InChI=1S/C24H29N3O2S2/c1-16(2)5-12-23(28)30-17(3)26-19-8-6-18(7-9-19)13-14-25-24-27-21-11-10-20(29-4)15-22(21)31-24/h6-11,15-16H,5,12-14H2,1-4H3,(H,25,27). The molecular formula is C24H29N3O2S2. The number of aromatic nitrogens is 1. The average Bonchev–Trinajstić information content (AvgIpc) is 3.15. The second kappa shape index (κ2) is 11.3. The number of carbonyl (C=O) groups excluding carboxylic acids is 1. The molecule has 0 radical (unpaired) electrons. The van der Waals surface area contributed by atoms with E-state index < -0.39 is 0 Å². The molecular weight excluding hydrogens is 426 g/mol. The SMILES string of the molecule is COc1ccc2nc(NCCc3ccc(N=C(C)SC(=O)CCC(C)C)cc3)sc2c1. The van der Waals surface area contributed by atoms with Crippen molar-refractivity contribution in [2.24, 2.45) is 10.9 Å². The minimum atomic E-state index is 0.186. The van der Waals surface area contributed by atoms with Crippen LogP contribution in [0.15, 0.2) is 47.5 Å². The average molecular weight is 456 g/mol. The Labute approximate surface area is 192 Å². The lowest BCUT2D eigenvalue weighted by atomic mass is 10.1. The van der Waals surface area contributed by atoms with Gasteiger partial charge < -0.3 is 10.1 Å². The molecule has 0 aliphatic carbocycles. The fourth-order valence-electron chi connectivity index (χ4n) is 2.99. The highest BCUT2D eigenvalue weighted by atomic mass is 32.2. The molecule has 0 spiro atoms. The number of nitrogens with zero attached hydrogens (tertiary/aromatic N) is 2. The van der Waals surface area contributed by atoms with Gasteiger partial charge in [0.15, 0.2) is 10.2 Å². The van der Waals surface area contributed by atoms with E-state index in [0.29, 0.717) is 12.3 Å². The van der Waals surface area contributed by atoms with Crippen LogP contribution in [0.1, 0.15) is 39.2 Å². The van der Waals surface area contributed by atoms with Gasteiger partial charge in [-0.15, -0.1) is 0 Å². The first-order valence-electron chi connectivity index (χ1n) is 10.5. The Hall–Kier alpha value is -2.38. The molecule has 1 heterocycles. The Bertz CT molecular complexity index is 1040. The summed E-state index contributed by atoms with van der Waals surface area (Å²) in [6.07, 6.45) is 2.42. The number of fused-ring (bicyclic) bond motifs is 1. The smallest absolute Gasteiger partial charge is 0.194 e. The largest absolute Gasteiger partial charge is 0.497 e. The maximum absolute atomic E-state index is 12.0. The molecule has 0 unspecified atom stereocenters. The van der Waals surface area contributed by atoms with Crippen LogP contribution < -0.4 is 10.1 Å². The monoisotopic (exact) mass is 455 g/mol. The highest BCUT2D eigenvalue weighted by molar-refractivity contribution is 8.26. The first-order valence-corrected chi connectivity index (χ1v) is 12.1. The predicted molar refractivity (Wildman–Crippen MR) is 134 cm³/mol. The molecule has 0 aliphatic heterocycles. The fraction of sp³-hybridized carbons (Fsp3) is 0.375. The van der Waals surface area contributed by atoms with Crippen LogP contribution in [0.5, 0.6) is 5.75 Å². The van der Waals surface area contributed by atoms with Crippen molar-refractivity contribution in [3.05, 3.63) is 48.0 Å². The Morgan fingerprint density at radius 3 is 2.71 bits per heavy atom. The van der Waals surface area contributed by atoms with E-state index in [4.69, 9.17) is 4.74 Å². The summed E-state index contributed by atoms with van der Waals surface area (Å²) in [7, 11) is 1.67. The molecule has 0 atom stereocenters. The van der Waals surface area contributed by atoms with Gasteiger partial charge in [0, 0.05) is 13.0 Å². The first-order chi connectivity index (χ1) is 14.9. The minimum absolute atomic E-state index is 0.186. The Morgan fingerprint density at radius 1 is 1.23 bits per heavy atom. The lowest BCUT2D eigenvalue weighted by Gasteiger charge is -2.05. The summed E-state index contributed by atoms with van der Waals surface area (Å²) in [6.45, 7) is 6.96. The number of thiazole rings is 1. The van der Waals surface area contributed by atoms with Gasteiger partial charge in [0.25, 0.3) is 0 Å². The number of nitrogens with one attached hydrogen (secondary N) is 1. The van der Waals surface area contributed by atoms with Gasteiger partial charge in [-0.25, -0.2) is 9.98 Å². The van der Waals surface area contributed by atoms with Crippen LogP contribution >= 0.6 is 23.1 Å². The highest BCUT2D eigenvalue weighted by Crippen LogP contribution is 2.29. The van der Waals surface area contributed by atoms with Gasteiger partial charge in [-0.05, 0) is 73.3 Å². The van der Waals surface area contributed by atoms with Crippen molar-refractivity contribution in [2.45, 2.75) is 40.0 Å². The van der Waals surface area contributed by atoms with Crippen molar-refractivity contribution in [2.75, 3.05) is 19.0 Å². The number of aliphatic imine (C=N–C) groups is 1. The van der Waals surface area contributed by atoms with Gasteiger partial charge in [0.2, 0.25) is 0 Å². The van der Waals surface area contributed by atoms with E-state index in [0.717, 1.165) is 51.2 Å². The molecule has 3 rings (SSSR count). The van der Waals surface area contributed by atoms with E-state index in [1.807, 2.05) is 37.3 Å². The molecule has 3 aromatic rings. The summed E-state index contributed by atoms with van der Waals surface area (Å²) in [6, 6.07) is 14.1. The van der Waals surface area contributed by atoms with Crippen LogP contribution in [0.3, 0.4) is 0 Å². The van der Waals surface area contributed by atoms with Crippen LogP contribution in [0.25, 0.3) is 10.2 Å². The van der Waals surface area contributed by atoms with Crippen molar-refractivity contribution >= 4 is 54.3 Å². The van der Waals surface area contributed by atoms with E-state index in [2.05, 4.69) is 41.3 Å². The normalized spacial score (nSPS) is 11.8. The molecule has 2 aromatic carbocycles. The van der Waals surface area contributed by atoms with Crippen LogP contribution in [-0.2, 0) is 11.2 Å². The summed E-state index contributed by atoms with van der Waals surface area (Å²) in [5.41, 5.74) is 3.08. The lowest BCUT2D eigenvalue weighted by Crippen LogP contribution is -2.04. The molecule has 31 heavy (non-hydrogen) atoms. The molecule has 7 heteroatoms. The zero-order chi connectivity index (χ0) is 22.2. The number of methoxy groups -OCH3 is 1. The van der Waals surface area contributed by atoms with Crippen molar-refractivity contribution in [3.63, 3.8) is 0 Å². The maximum atomic E-state index is 12.0. The van der Waals surface area contributed by atoms with Crippen molar-refractivity contribution in [1.82, 2.24) is 4.98 Å². The number of ether oxygens (including phenoxy) is 1. The number of hydrogen-bond acceptors (Lipinski definition) is 7. The second-order valence-electron chi connectivity index (χ2n) is 7.73. The Balaban J connectivity index is 1.48. The predicted octanol–water partition coefficient (Wildman–Crippen LogP) is 6.71. The van der Waals surface area contributed by atoms with Crippen LogP contribution in [-0.4, -0.2) is 28.8 Å². The summed E-state index contributed by atoms with van der Waals surface area (Å²) in [5, 5.41) is 5.30. The van der Waals surface area contributed by atoms with Gasteiger partial charge in [-0.1, -0.05) is 37.3 Å².